The summed E-state index contributed by atoms with van der Waals surface area (Å²) >= 11 is 0. The Balaban J connectivity index is 0.00000210. The largest absolute Gasteiger partial charge is 0.339 e. The number of piperidine rings is 1. The molecule has 2 heterocycles. The molecule has 4 rings (SSSR count). The topological polar surface area (TPSA) is 102 Å². The number of sulfonamides is 1. The van der Waals surface area contributed by atoms with Crippen LogP contribution in [0, 0.1) is 5.82 Å². The number of hydrogen-bond donors (Lipinski definition) is 1. The minimum Gasteiger partial charge on any atom is -0.339 e. The van der Waals surface area contributed by atoms with Crippen molar-refractivity contribution in [2.24, 2.45) is 5.73 Å². The van der Waals surface area contributed by atoms with E-state index in [2.05, 4.69) is 10.1 Å². The van der Waals surface area contributed by atoms with Gasteiger partial charge in [0.2, 0.25) is 15.9 Å². The lowest BCUT2D eigenvalue weighted by Crippen LogP contribution is -2.44. The monoisotopic (exact) mass is 416 g/mol. The molecule has 1 saturated heterocycles. The van der Waals surface area contributed by atoms with Crippen molar-refractivity contribution in [3.8, 4) is 0 Å². The van der Waals surface area contributed by atoms with Crippen LogP contribution in [0.2, 0.25) is 0 Å². The van der Waals surface area contributed by atoms with Gasteiger partial charge in [0.1, 0.15) is 10.7 Å². The van der Waals surface area contributed by atoms with Gasteiger partial charge in [0.25, 0.3) is 0 Å². The van der Waals surface area contributed by atoms with Crippen LogP contribution in [-0.2, 0) is 15.6 Å². The SMILES string of the molecule is Cl.NC1(c2noc(C3CCN(S(=O)(=O)c4ccccc4F)CC3)n2)CCC1. The highest BCUT2D eigenvalue weighted by molar-refractivity contribution is 7.89. The average Bonchev–Trinajstić information content (AvgIpc) is 3.10. The molecule has 148 valence electrons. The Labute approximate surface area is 163 Å². The summed E-state index contributed by atoms with van der Waals surface area (Å²) in [5.41, 5.74) is 5.74. The maximum absolute atomic E-state index is 13.9. The van der Waals surface area contributed by atoms with Crippen LogP contribution in [0.5, 0.6) is 0 Å². The van der Waals surface area contributed by atoms with E-state index in [0.29, 0.717) is 24.6 Å². The highest BCUT2D eigenvalue weighted by atomic mass is 35.5. The molecule has 2 N–H and O–H groups in total. The third-order valence-electron chi connectivity index (χ3n) is 5.39. The maximum Gasteiger partial charge on any atom is 0.245 e. The molecule has 0 atom stereocenters. The van der Waals surface area contributed by atoms with Crippen molar-refractivity contribution < 1.29 is 17.3 Å². The van der Waals surface area contributed by atoms with E-state index in [-0.39, 0.29) is 36.3 Å². The summed E-state index contributed by atoms with van der Waals surface area (Å²) in [5.74, 6) is 0.316. The van der Waals surface area contributed by atoms with E-state index in [1.807, 2.05) is 0 Å². The average molecular weight is 417 g/mol. The minimum atomic E-state index is -3.84. The van der Waals surface area contributed by atoms with E-state index in [4.69, 9.17) is 10.3 Å². The molecule has 0 amide bonds. The molecule has 1 aromatic carbocycles. The molecule has 1 aliphatic carbocycles. The summed E-state index contributed by atoms with van der Waals surface area (Å²) < 4.78 is 45.9. The first-order valence-electron chi connectivity index (χ1n) is 8.78. The fraction of sp³-hybridized carbons (Fsp3) is 0.529. The van der Waals surface area contributed by atoms with Crippen molar-refractivity contribution >= 4 is 22.4 Å². The normalized spacial score (nSPS) is 20.7. The molecule has 1 aliphatic heterocycles. The molecule has 2 aromatic rings. The Morgan fingerprint density at radius 1 is 1.22 bits per heavy atom. The maximum atomic E-state index is 13.9. The first kappa shape index (κ1) is 20.2. The van der Waals surface area contributed by atoms with Gasteiger partial charge in [-0.3, -0.25) is 0 Å². The van der Waals surface area contributed by atoms with Crippen LogP contribution in [0.3, 0.4) is 0 Å². The molecule has 0 spiro atoms. The number of aromatic nitrogens is 2. The fourth-order valence-electron chi connectivity index (χ4n) is 3.52. The van der Waals surface area contributed by atoms with Crippen LogP contribution >= 0.6 is 12.4 Å². The van der Waals surface area contributed by atoms with Gasteiger partial charge in [-0.25, -0.2) is 12.8 Å². The number of nitrogens with two attached hydrogens (primary N) is 1. The zero-order chi connectivity index (χ0) is 18.4. The van der Waals surface area contributed by atoms with Gasteiger partial charge in [-0.05, 0) is 44.2 Å². The van der Waals surface area contributed by atoms with Crippen molar-refractivity contribution in [3.05, 3.63) is 41.8 Å². The Morgan fingerprint density at radius 2 is 1.89 bits per heavy atom. The molecular formula is C17H22ClFN4O3S. The summed E-state index contributed by atoms with van der Waals surface area (Å²) in [6.07, 6.45) is 3.86. The van der Waals surface area contributed by atoms with Gasteiger partial charge in [-0.1, -0.05) is 17.3 Å². The van der Waals surface area contributed by atoms with Gasteiger partial charge in [0.15, 0.2) is 5.82 Å². The van der Waals surface area contributed by atoms with Crippen molar-refractivity contribution in [1.82, 2.24) is 14.4 Å². The van der Waals surface area contributed by atoms with Crippen LogP contribution in [0.1, 0.15) is 49.7 Å². The summed E-state index contributed by atoms with van der Waals surface area (Å²) in [6.45, 7) is 0.569. The molecule has 2 aliphatic rings. The Bertz CT molecular complexity index is 908. The molecule has 0 unspecified atom stereocenters. The van der Waals surface area contributed by atoms with E-state index < -0.39 is 21.4 Å². The van der Waals surface area contributed by atoms with Gasteiger partial charge >= 0.3 is 0 Å². The first-order valence-corrected chi connectivity index (χ1v) is 10.2. The fourth-order valence-corrected chi connectivity index (χ4v) is 5.06. The van der Waals surface area contributed by atoms with Gasteiger partial charge in [-0.2, -0.15) is 9.29 Å². The van der Waals surface area contributed by atoms with Crippen LogP contribution in [0.25, 0.3) is 0 Å². The highest BCUT2D eigenvalue weighted by Crippen LogP contribution is 2.38. The summed E-state index contributed by atoms with van der Waals surface area (Å²) in [7, 11) is -3.84. The van der Waals surface area contributed by atoms with Crippen LogP contribution < -0.4 is 5.73 Å². The third kappa shape index (κ3) is 3.61. The second kappa shape index (κ2) is 7.46. The number of benzene rings is 1. The van der Waals surface area contributed by atoms with Crippen LogP contribution in [-0.4, -0.2) is 36.0 Å². The van der Waals surface area contributed by atoms with Gasteiger partial charge in [0.05, 0.1) is 5.54 Å². The van der Waals surface area contributed by atoms with E-state index in [0.717, 1.165) is 25.3 Å². The highest BCUT2D eigenvalue weighted by Gasteiger charge is 2.40. The van der Waals surface area contributed by atoms with Gasteiger partial charge < -0.3 is 10.3 Å². The molecule has 10 heteroatoms. The zero-order valence-corrected chi connectivity index (χ0v) is 16.3. The lowest BCUT2D eigenvalue weighted by atomic mass is 9.77. The number of halogens is 2. The molecule has 0 bridgehead atoms. The zero-order valence-electron chi connectivity index (χ0n) is 14.7. The summed E-state index contributed by atoms with van der Waals surface area (Å²) in [4.78, 5) is 4.17. The van der Waals surface area contributed by atoms with Crippen molar-refractivity contribution in [1.29, 1.82) is 0 Å². The molecule has 0 radical (unpaired) electrons. The second-order valence-corrected chi connectivity index (χ2v) is 8.98. The molecule has 27 heavy (non-hydrogen) atoms. The van der Waals surface area contributed by atoms with Crippen molar-refractivity contribution in [3.63, 3.8) is 0 Å². The smallest absolute Gasteiger partial charge is 0.245 e. The quantitative estimate of drug-likeness (QED) is 0.821. The Hall–Kier alpha value is -1.55. The lowest BCUT2D eigenvalue weighted by Gasteiger charge is -2.34. The molecule has 1 saturated carbocycles. The number of rotatable bonds is 4. The molecule has 1 aromatic heterocycles. The predicted octanol–water partition coefficient (Wildman–Crippen LogP) is 2.54. The van der Waals surface area contributed by atoms with E-state index in [1.165, 1.54) is 22.5 Å². The van der Waals surface area contributed by atoms with Crippen molar-refractivity contribution in [2.45, 2.75) is 48.5 Å². The van der Waals surface area contributed by atoms with E-state index >= 15 is 0 Å². The third-order valence-corrected chi connectivity index (χ3v) is 7.32. The van der Waals surface area contributed by atoms with Gasteiger partial charge in [-0.15, -0.1) is 12.4 Å². The predicted molar refractivity (Wildman–Crippen MR) is 98.4 cm³/mol. The minimum absolute atomic E-state index is 0. The van der Waals surface area contributed by atoms with Crippen molar-refractivity contribution in [2.75, 3.05) is 13.1 Å². The second-order valence-electron chi connectivity index (χ2n) is 7.07. The van der Waals surface area contributed by atoms with Crippen LogP contribution in [0.15, 0.2) is 33.7 Å². The summed E-state index contributed by atoms with van der Waals surface area (Å²) in [5, 5.41) is 4.02. The van der Waals surface area contributed by atoms with Crippen LogP contribution in [0.4, 0.5) is 4.39 Å². The van der Waals surface area contributed by atoms with Gasteiger partial charge in [0, 0.05) is 19.0 Å². The molecular weight excluding hydrogens is 395 g/mol. The standard InChI is InChI=1S/C17H21FN4O3S.ClH/c18-13-4-1-2-5-14(13)26(23,24)22-10-6-12(7-11-22)15-20-16(21-25-15)17(19)8-3-9-17;/h1-2,4-5,12H,3,6-11,19H2;1H. The van der Waals surface area contributed by atoms with E-state index in [1.54, 1.807) is 0 Å². The Morgan fingerprint density at radius 3 is 2.48 bits per heavy atom. The summed E-state index contributed by atoms with van der Waals surface area (Å²) in [6, 6.07) is 5.44. The Kier molecular flexibility index (Phi) is 5.58. The molecule has 7 nitrogen and oxygen atoms in total. The lowest BCUT2D eigenvalue weighted by molar-refractivity contribution is 0.227. The number of hydrogen-bond acceptors (Lipinski definition) is 6. The molecule has 2 fully saturated rings. The first-order chi connectivity index (χ1) is 12.4. The number of nitrogens with zero attached hydrogens (tertiary/aromatic N) is 3. The van der Waals surface area contributed by atoms with E-state index in [9.17, 15) is 12.8 Å².